The zero-order valence-electron chi connectivity index (χ0n) is 16.1. The molecule has 0 bridgehead atoms. The molecule has 1 aromatic rings. The monoisotopic (exact) mass is 381 g/mol. The summed E-state index contributed by atoms with van der Waals surface area (Å²) in [6.07, 6.45) is 5.45. The molecular weight excluding hydrogens is 350 g/mol. The molecule has 1 saturated heterocycles. The maximum absolute atomic E-state index is 11.8. The van der Waals surface area contributed by atoms with Crippen molar-refractivity contribution in [3.8, 4) is 0 Å². The number of nitrogens with one attached hydrogen (secondary N) is 2. The van der Waals surface area contributed by atoms with Gasteiger partial charge in [-0.25, -0.2) is 9.78 Å². The number of hydrogen-bond donors (Lipinski definition) is 2. The van der Waals surface area contributed by atoms with Gasteiger partial charge in [-0.05, 0) is 33.1 Å². The van der Waals surface area contributed by atoms with Crippen molar-refractivity contribution in [3.63, 3.8) is 0 Å². The van der Waals surface area contributed by atoms with Crippen molar-refractivity contribution in [1.29, 1.82) is 0 Å². The van der Waals surface area contributed by atoms with Crippen molar-refractivity contribution in [3.05, 3.63) is 16.1 Å². The minimum Gasteiger partial charge on any atom is -0.450 e. The summed E-state index contributed by atoms with van der Waals surface area (Å²) in [7, 11) is 0. The van der Waals surface area contributed by atoms with Crippen molar-refractivity contribution in [1.82, 2.24) is 20.5 Å². The van der Waals surface area contributed by atoms with Crippen molar-refractivity contribution >= 4 is 23.4 Å². The number of ether oxygens (including phenoxy) is 1. The topological polar surface area (TPSA) is 78.9 Å². The molecule has 2 rings (SSSR count). The van der Waals surface area contributed by atoms with Crippen LogP contribution in [0.2, 0.25) is 0 Å². The fourth-order valence-corrected chi connectivity index (χ4v) is 3.68. The first-order valence-electron chi connectivity index (χ1n) is 9.56. The number of guanidine groups is 1. The quantitative estimate of drug-likeness (QED) is 0.560. The summed E-state index contributed by atoms with van der Waals surface area (Å²) in [5.74, 6) is 0.842. The van der Waals surface area contributed by atoms with E-state index in [1.54, 1.807) is 16.2 Å². The Kier molecular flexibility index (Phi) is 8.67. The number of hydrogen-bond acceptors (Lipinski definition) is 5. The van der Waals surface area contributed by atoms with Crippen molar-refractivity contribution in [2.75, 3.05) is 32.8 Å². The summed E-state index contributed by atoms with van der Waals surface area (Å²) in [5, 5.41) is 7.94. The molecule has 146 valence electrons. The van der Waals surface area contributed by atoms with Crippen LogP contribution in [0.1, 0.15) is 43.5 Å². The van der Waals surface area contributed by atoms with Gasteiger partial charge in [0.2, 0.25) is 0 Å². The Hall–Kier alpha value is -1.83. The second-order valence-corrected chi connectivity index (χ2v) is 7.39. The molecule has 0 saturated carbocycles. The van der Waals surface area contributed by atoms with Crippen LogP contribution < -0.4 is 10.6 Å². The van der Waals surface area contributed by atoms with Gasteiger partial charge >= 0.3 is 6.09 Å². The molecule has 1 aliphatic rings. The molecule has 1 aliphatic heterocycles. The molecule has 2 heterocycles. The summed E-state index contributed by atoms with van der Waals surface area (Å²) in [5.41, 5.74) is 0. The largest absolute Gasteiger partial charge is 0.450 e. The summed E-state index contributed by atoms with van der Waals surface area (Å²) < 4.78 is 5.07. The standard InChI is InChI=1S/C18H31N5O2S/c1-4-15-13-21-16(26-15)7-10-20-17(19-5-2)22-14-8-11-23(12-9-14)18(24)25-6-3/h13-14H,4-12H2,1-3H3,(H2,19,20,22). The molecular formula is C18H31N5O2S. The molecule has 8 heteroatoms. The Morgan fingerprint density at radius 1 is 1.38 bits per heavy atom. The van der Waals surface area contributed by atoms with Crippen molar-refractivity contribution in [2.45, 2.75) is 52.5 Å². The number of aryl methyl sites for hydroxylation is 1. The molecule has 7 nitrogen and oxygen atoms in total. The minimum atomic E-state index is -0.207. The molecule has 2 N–H and O–H groups in total. The lowest BCUT2D eigenvalue weighted by atomic mass is 10.1. The molecule has 0 atom stereocenters. The van der Waals surface area contributed by atoms with E-state index >= 15 is 0 Å². The summed E-state index contributed by atoms with van der Waals surface area (Å²) in [6, 6.07) is 0.324. The van der Waals surface area contributed by atoms with Crippen LogP contribution in [-0.2, 0) is 17.6 Å². The number of piperidine rings is 1. The lowest BCUT2D eigenvalue weighted by Gasteiger charge is -2.32. The van der Waals surface area contributed by atoms with Gasteiger partial charge in [-0.2, -0.15) is 0 Å². The molecule has 0 radical (unpaired) electrons. The van der Waals surface area contributed by atoms with Gasteiger partial charge in [-0.3, -0.25) is 4.99 Å². The highest BCUT2D eigenvalue weighted by Gasteiger charge is 2.23. The Balaban J connectivity index is 1.79. The van der Waals surface area contributed by atoms with E-state index in [4.69, 9.17) is 4.74 Å². The third kappa shape index (κ3) is 6.48. The normalized spacial score (nSPS) is 15.8. The van der Waals surface area contributed by atoms with Gasteiger partial charge in [0.25, 0.3) is 0 Å². The van der Waals surface area contributed by atoms with E-state index in [0.29, 0.717) is 19.2 Å². The highest BCUT2D eigenvalue weighted by atomic mass is 32.1. The van der Waals surface area contributed by atoms with Crippen LogP contribution >= 0.6 is 11.3 Å². The SMILES string of the molecule is CCNC(=NCCc1ncc(CC)s1)NC1CCN(C(=O)OCC)CC1. The first-order valence-corrected chi connectivity index (χ1v) is 10.4. The fraction of sp³-hybridized carbons (Fsp3) is 0.722. The van der Waals surface area contributed by atoms with Crippen LogP contribution in [0.25, 0.3) is 0 Å². The Morgan fingerprint density at radius 2 is 2.15 bits per heavy atom. The lowest BCUT2D eigenvalue weighted by molar-refractivity contribution is 0.0963. The third-order valence-corrected chi connectivity index (χ3v) is 5.45. The van der Waals surface area contributed by atoms with Gasteiger partial charge < -0.3 is 20.3 Å². The van der Waals surface area contributed by atoms with Crippen LogP contribution in [0.4, 0.5) is 4.79 Å². The molecule has 1 aromatic heterocycles. The van der Waals surface area contributed by atoms with Crippen molar-refractivity contribution < 1.29 is 9.53 Å². The Morgan fingerprint density at radius 3 is 2.77 bits per heavy atom. The molecule has 0 spiro atoms. The number of nitrogens with zero attached hydrogens (tertiary/aromatic N) is 3. The maximum Gasteiger partial charge on any atom is 0.409 e. The smallest absolute Gasteiger partial charge is 0.409 e. The molecule has 1 fully saturated rings. The Bertz CT molecular complexity index is 582. The predicted octanol–water partition coefficient (Wildman–Crippen LogP) is 2.42. The third-order valence-electron chi connectivity index (χ3n) is 4.25. The van der Waals surface area contributed by atoms with Crippen LogP contribution in [0.3, 0.4) is 0 Å². The fourth-order valence-electron chi connectivity index (χ4n) is 2.82. The Labute approximate surface area is 160 Å². The highest BCUT2D eigenvalue weighted by Crippen LogP contribution is 2.14. The van der Waals surface area contributed by atoms with E-state index in [1.807, 2.05) is 13.1 Å². The van der Waals surface area contributed by atoms with Gasteiger partial charge in [-0.15, -0.1) is 11.3 Å². The van der Waals surface area contributed by atoms with Crippen molar-refractivity contribution in [2.24, 2.45) is 4.99 Å². The number of rotatable bonds is 7. The number of amides is 1. The van der Waals surface area contributed by atoms with Crippen LogP contribution in [-0.4, -0.2) is 60.8 Å². The second-order valence-electron chi connectivity index (χ2n) is 6.19. The lowest BCUT2D eigenvalue weighted by Crippen LogP contribution is -2.50. The van der Waals surface area contributed by atoms with Gasteiger partial charge in [0.15, 0.2) is 5.96 Å². The number of likely N-dealkylation sites (tertiary alicyclic amines) is 1. The molecule has 1 amide bonds. The van der Waals surface area contributed by atoms with Crippen LogP contribution in [0.5, 0.6) is 0 Å². The number of aliphatic imine (C=N–C) groups is 1. The van der Waals surface area contributed by atoms with E-state index in [9.17, 15) is 4.79 Å². The van der Waals surface area contributed by atoms with Crippen LogP contribution in [0, 0.1) is 0 Å². The average molecular weight is 382 g/mol. The molecule has 26 heavy (non-hydrogen) atoms. The number of aromatic nitrogens is 1. The maximum atomic E-state index is 11.8. The van der Waals surface area contributed by atoms with E-state index in [0.717, 1.165) is 56.3 Å². The van der Waals surface area contributed by atoms with E-state index in [1.165, 1.54) is 4.88 Å². The average Bonchev–Trinajstić information content (AvgIpc) is 3.10. The molecule has 0 unspecified atom stereocenters. The minimum absolute atomic E-state index is 0.207. The molecule has 0 aromatic carbocycles. The zero-order chi connectivity index (χ0) is 18.8. The summed E-state index contributed by atoms with van der Waals surface area (Å²) in [6.45, 7) is 9.44. The van der Waals surface area contributed by atoms with Gasteiger partial charge in [0, 0.05) is 49.7 Å². The highest BCUT2D eigenvalue weighted by molar-refractivity contribution is 7.11. The van der Waals surface area contributed by atoms with E-state index < -0.39 is 0 Å². The summed E-state index contributed by atoms with van der Waals surface area (Å²) in [4.78, 5) is 24.0. The number of carbonyl (C=O) groups excluding carboxylic acids is 1. The van der Waals surface area contributed by atoms with Gasteiger partial charge in [0.1, 0.15) is 0 Å². The summed E-state index contributed by atoms with van der Waals surface area (Å²) >= 11 is 1.77. The first kappa shape index (κ1) is 20.5. The molecule has 0 aliphatic carbocycles. The number of thiazole rings is 1. The second kappa shape index (κ2) is 11.0. The van der Waals surface area contributed by atoms with E-state index in [2.05, 4.69) is 34.5 Å². The number of carbonyl (C=O) groups is 1. The zero-order valence-corrected chi connectivity index (χ0v) is 16.9. The van der Waals surface area contributed by atoms with Crippen LogP contribution in [0.15, 0.2) is 11.2 Å². The van der Waals surface area contributed by atoms with E-state index in [-0.39, 0.29) is 6.09 Å². The predicted molar refractivity (Wildman–Crippen MR) is 106 cm³/mol. The first-order chi connectivity index (χ1) is 12.7. The van der Waals surface area contributed by atoms with Gasteiger partial charge in [-0.1, -0.05) is 6.92 Å². The van der Waals surface area contributed by atoms with Gasteiger partial charge in [0.05, 0.1) is 11.6 Å².